The van der Waals surface area contributed by atoms with Crippen LogP contribution >= 0.6 is 0 Å². The van der Waals surface area contributed by atoms with Gasteiger partial charge in [-0.05, 0) is 61.6 Å². The molecule has 0 fully saturated rings. The van der Waals surface area contributed by atoms with Crippen LogP contribution in [0.15, 0.2) is 48.5 Å². The highest BCUT2D eigenvalue weighted by Crippen LogP contribution is 2.35. The van der Waals surface area contributed by atoms with Gasteiger partial charge in [0.2, 0.25) is 0 Å². The number of aliphatic hydroxyl groups is 6. The second-order valence-corrected chi connectivity index (χ2v) is 8.46. The van der Waals surface area contributed by atoms with Crippen molar-refractivity contribution in [3.05, 3.63) is 59.7 Å². The van der Waals surface area contributed by atoms with Crippen LogP contribution in [0.25, 0.3) is 0 Å². The molecule has 0 radical (unpaired) electrons. The third kappa shape index (κ3) is 7.40. The molecule has 0 saturated heterocycles. The average molecular weight is 479 g/mol. The Bertz CT molecular complexity index is 826. The second-order valence-electron chi connectivity index (χ2n) is 8.46. The van der Waals surface area contributed by atoms with E-state index in [9.17, 15) is 25.5 Å². The molecule has 0 saturated carbocycles. The first-order chi connectivity index (χ1) is 16.2. The van der Waals surface area contributed by atoms with E-state index in [0.29, 0.717) is 25.4 Å². The second kappa shape index (κ2) is 13.6. The third-order valence-corrected chi connectivity index (χ3v) is 6.03. The summed E-state index contributed by atoms with van der Waals surface area (Å²) in [5.41, 5.74) is 1.73. The molecule has 190 valence electrons. The molecule has 0 aliphatic carbocycles. The lowest BCUT2D eigenvalue weighted by molar-refractivity contribution is -0.144. The molecule has 34 heavy (non-hydrogen) atoms. The van der Waals surface area contributed by atoms with Crippen molar-refractivity contribution < 1.29 is 40.1 Å². The first kappa shape index (κ1) is 28.0. The van der Waals surface area contributed by atoms with Crippen LogP contribution < -0.4 is 9.47 Å². The van der Waals surface area contributed by atoms with Gasteiger partial charge in [0.05, 0.1) is 25.9 Å². The van der Waals surface area contributed by atoms with Crippen LogP contribution in [0, 0.1) is 0 Å². The molecule has 3 unspecified atom stereocenters. The molecule has 0 aromatic heterocycles. The number of benzene rings is 2. The Balaban J connectivity index is 2.29. The van der Waals surface area contributed by atoms with Crippen molar-refractivity contribution in [1.29, 1.82) is 0 Å². The van der Waals surface area contributed by atoms with Gasteiger partial charge in [0.25, 0.3) is 0 Å². The summed E-state index contributed by atoms with van der Waals surface area (Å²) in [5, 5.41) is 60.8. The summed E-state index contributed by atoms with van der Waals surface area (Å²) >= 11 is 0. The van der Waals surface area contributed by atoms with Crippen molar-refractivity contribution in [2.45, 2.75) is 69.5 Å². The van der Waals surface area contributed by atoms with Gasteiger partial charge >= 0.3 is 0 Å². The van der Waals surface area contributed by atoms with Gasteiger partial charge in [-0.15, -0.1) is 0 Å². The van der Waals surface area contributed by atoms with Crippen LogP contribution in [0.4, 0.5) is 0 Å². The fraction of sp³-hybridized carbons (Fsp3) is 0.538. The monoisotopic (exact) mass is 478 g/mol. The maximum atomic E-state index is 11.1. The Hall–Kier alpha value is -2.20. The lowest BCUT2D eigenvalue weighted by Gasteiger charge is -2.34. The molecule has 0 heterocycles. The number of aliphatic hydroxyl groups excluding tert-OH is 6. The van der Waals surface area contributed by atoms with Crippen LogP contribution in [-0.2, 0) is 0 Å². The van der Waals surface area contributed by atoms with Gasteiger partial charge in [-0.1, -0.05) is 31.2 Å². The normalized spacial score (nSPS) is 17.8. The van der Waals surface area contributed by atoms with Gasteiger partial charge in [-0.3, -0.25) is 0 Å². The fourth-order valence-corrected chi connectivity index (χ4v) is 4.00. The van der Waals surface area contributed by atoms with E-state index in [1.807, 2.05) is 45.0 Å². The van der Waals surface area contributed by atoms with Crippen molar-refractivity contribution >= 4 is 0 Å². The topological polar surface area (TPSA) is 140 Å². The Morgan fingerprint density at radius 2 is 1.09 bits per heavy atom. The van der Waals surface area contributed by atoms with Gasteiger partial charge in [-0.2, -0.15) is 0 Å². The van der Waals surface area contributed by atoms with E-state index in [1.165, 1.54) is 0 Å². The summed E-state index contributed by atoms with van der Waals surface area (Å²) in [6, 6.07) is 14.8. The SMILES string of the molecule is CCOc1ccc(C(C)CC(c2ccc(OCC)cc2)C(O)[C@@H](O)[C@@H](O)[C@H](O)[C@@H](O)CO)cc1. The maximum Gasteiger partial charge on any atom is 0.119 e. The van der Waals surface area contributed by atoms with Crippen LogP contribution in [0.1, 0.15) is 50.2 Å². The summed E-state index contributed by atoms with van der Waals surface area (Å²) in [6.45, 7) is 6.07. The predicted octanol–water partition coefficient (Wildman–Crippen LogP) is 1.56. The van der Waals surface area contributed by atoms with E-state index < -0.39 is 43.0 Å². The van der Waals surface area contributed by atoms with Crippen LogP contribution in [0.5, 0.6) is 11.5 Å². The quantitative estimate of drug-likeness (QED) is 0.240. The smallest absolute Gasteiger partial charge is 0.119 e. The molecule has 8 heteroatoms. The summed E-state index contributed by atoms with van der Waals surface area (Å²) in [5.74, 6) is 0.789. The minimum absolute atomic E-state index is 0.0285. The molecule has 0 aliphatic heterocycles. The van der Waals surface area contributed by atoms with Crippen LogP contribution in [0.2, 0.25) is 0 Å². The molecule has 0 amide bonds. The largest absolute Gasteiger partial charge is 0.494 e. The van der Waals surface area contributed by atoms with Crippen molar-refractivity contribution in [2.75, 3.05) is 19.8 Å². The van der Waals surface area contributed by atoms with Gasteiger partial charge in [0.1, 0.15) is 35.9 Å². The molecule has 2 aromatic carbocycles. The lowest BCUT2D eigenvalue weighted by Crippen LogP contribution is -2.51. The predicted molar refractivity (Wildman–Crippen MR) is 128 cm³/mol. The lowest BCUT2D eigenvalue weighted by atomic mass is 9.79. The van der Waals surface area contributed by atoms with E-state index in [2.05, 4.69) is 0 Å². The molecular weight excluding hydrogens is 440 g/mol. The van der Waals surface area contributed by atoms with Crippen molar-refractivity contribution in [3.8, 4) is 11.5 Å². The average Bonchev–Trinajstić information content (AvgIpc) is 2.86. The van der Waals surface area contributed by atoms with E-state index in [1.54, 1.807) is 24.3 Å². The third-order valence-electron chi connectivity index (χ3n) is 6.03. The summed E-state index contributed by atoms with van der Waals surface area (Å²) in [6.07, 6.45) is -8.13. The van der Waals surface area contributed by atoms with Gasteiger partial charge < -0.3 is 40.1 Å². The molecule has 2 rings (SSSR count). The highest BCUT2D eigenvalue weighted by molar-refractivity contribution is 5.32. The summed E-state index contributed by atoms with van der Waals surface area (Å²) in [7, 11) is 0. The van der Waals surface area contributed by atoms with E-state index in [0.717, 1.165) is 16.9 Å². The van der Waals surface area contributed by atoms with Crippen LogP contribution in [-0.4, -0.2) is 81.0 Å². The molecule has 8 nitrogen and oxygen atoms in total. The first-order valence-electron chi connectivity index (χ1n) is 11.7. The summed E-state index contributed by atoms with van der Waals surface area (Å²) in [4.78, 5) is 0. The number of ether oxygens (including phenoxy) is 2. The minimum Gasteiger partial charge on any atom is -0.494 e. The fourth-order valence-electron chi connectivity index (χ4n) is 4.00. The Kier molecular flexibility index (Phi) is 11.2. The maximum absolute atomic E-state index is 11.1. The van der Waals surface area contributed by atoms with Crippen LogP contribution in [0.3, 0.4) is 0 Å². The number of rotatable bonds is 14. The van der Waals surface area contributed by atoms with Gasteiger partial charge in [-0.25, -0.2) is 0 Å². The molecule has 0 bridgehead atoms. The van der Waals surface area contributed by atoms with E-state index in [4.69, 9.17) is 14.6 Å². The standard InChI is InChI=1S/C26H38O8/c1-4-33-19-10-6-17(7-11-19)16(3)14-21(18-8-12-20(13-9-18)34-5-2)23(29)25(31)26(32)24(30)22(28)15-27/h6-13,16,21-32H,4-5,14-15H2,1-3H3/t16?,21?,22-,23?,24+,25+,26-/m0/s1. The zero-order valence-electron chi connectivity index (χ0n) is 20.0. The molecule has 2 aromatic rings. The van der Waals surface area contributed by atoms with Gasteiger partial charge in [0, 0.05) is 5.92 Å². The highest BCUT2D eigenvalue weighted by atomic mass is 16.5. The molecule has 0 spiro atoms. The molecule has 7 atom stereocenters. The first-order valence-corrected chi connectivity index (χ1v) is 11.7. The van der Waals surface area contributed by atoms with E-state index >= 15 is 0 Å². The summed E-state index contributed by atoms with van der Waals surface area (Å²) < 4.78 is 11.0. The molecule has 0 aliphatic rings. The Morgan fingerprint density at radius 3 is 1.53 bits per heavy atom. The van der Waals surface area contributed by atoms with Crippen molar-refractivity contribution in [3.63, 3.8) is 0 Å². The highest BCUT2D eigenvalue weighted by Gasteiger charge is 2.38. The van der Waals surface area contributed by atoms with Crippen molar-refractivity contribution in [2.24, 2.45) is 0 Å². The van der Waals surface area contributed by atoms with E-state index in [-0.39, 0.29) is 5.92 Å². The number of hydrogen-bond donors (Lipinski definition) is 6. The Morgan fingerprint density at radius 1 is 0.647 bits per heavy atom. The van der Waals surface area contributed by atoms with Crippen molar-refractivity contribution in [1.82, 2.24) is 0 Å². The zero-order chi connectivity index (χ0) is 25.3. The number of hydrogen-bond acceptors (Lipinski definition) is 8. The Labute approximate surface area is 201 Å². The van der Waals surface area contributed by atoms with Gasteiger partial charge in [0.15, 0.2) is 0 Å². The molecule has 6 N–H and O–H groups in total. The minimum atomic E-state index is -1.86. The molecular formula is C26H38O8. The zero-order valence-corrected chi connectivity index (χ0v) is 20.0.